The molecule has 12 heteroatoms. The van der Waals surface area contributed by atoms with Gasteiger partial charge in [0.05, 0.1) is 15.5 Å². The summed E-state index contributed by atoms with van der Waals surface area (Å²) in [5.41, 5.74) is 3.28. The fourth-order valence-corrected chi connectivity index (χ4v) is 3.81. The summed E-state index contributed by atoms with van der Waals surface area (Å²) in [4.78, 5) is 10.5. The summed E-state index contributed by atoms with van der Waals surface area (Å²) >= 11 is 0. The maximum Gasteiger partial charge on any atom is 0.387 e. The number of sulfonamides is 1. The van der Waals surface area contributed by atoms with Gasteiger partial charge in [0.15, 0.2) is 0 Å². The van der Waals surface area contributed by atoms with Gasteiger partial charge in [0, 0.05) is 11.8 Å². The Morgan fingerprint density at radius 3 is 2.33 bits per heavy atom. The van der Waals surface area contributed by atoms with Crippen LogP contribution in [-0.2, 0) is 10.0 Å². The van der Waals surface area contributed by atoms with Crippen LogP contribution in [0.2, 0.25) is 0 Å². The van der Waals surface area contributed by atoms with E-state index in [1.807, 2.05) is 0 Å². The van der Waals surface area contributed by atoms with E-state index in [2.05, 4.69) is 20.0 Å². The maximum absolute atomic E-state index is 12.6. The largest absolute Gasteiger partial charge is 0.435 e. The number of nitro benzene ring substituents is 1. The number of rotatable bonds is 9. The molecule has 0 radical (unpaired) electrons. The number of hydrogen-bond donors (Lipinski definition) is 2. The molecule has 0 atom stereocenters. The molecule has 0 amide bonds. The fourth-order valence-electron chi connectivity index (χ4n) is 2.73. The number of nitrogens with zero attached hydrogens (tertiary/aromatic N) is 2. The quantitative estimate of drug-likeness (QED) is 0.259. The summed E-state index contributed by atoms with van der Waals surface area (Å²) in [7, 11) is -4.06. The van der Waals surface area contributed by atoms with Gasteiger partial charge in [0.25, 0.3) is 15.7 Å². The molecular weight excluding hydrogens is 458 g/mol. The molecule has 0 aromatic heterocycles. The van der Waals surface area contributed by atoms with Crippen LogP contribution in [0.3, 0.4) is 0 Å². The van der Waals surface area contributed by atoms with Crippen molar-refractivity contribution in [2.75, 3.05) is 10.1 Å². The first-order chi connectivity index (χ1) is 15.7. The second-order valence-corrected chi connectivity index (χ2v) is 8.30. The van der Waals surface area contributed by atoms with Crippen LogP contribution in [0.25, 0.3) is 0 Å². The predicted molar refractivity (Wildman–Crippen MR) is 119 cm³/mol. The number of ether oxygens (including phenoxy) is 1. The van der Waals surface area contributed by atoms with E-state index in [0.717, 1.165) is 6.07 Å². The zero-order valence-corrected chi connectivity index (χ0v) is 17.9. The van der Waals surface area contributed by atoms with Crippen LogP contribution >= 0.6 is 0 Å². The fraction of sp³-hybridized carbons (Fsp3) is 0.0952. The molecule has 0 fully saturated rings. The number of halogens is 2. The van der Waals surface area contributed by atoms with Gasteiger partial charge in [-0.15, -0.1) is 0 Å². The first-order valence-corrected chi connectivity index (χ1v) is 10.9. The molecule has 3 rings (SSSR count). The summed E-state index contributed by atoms with van der Waals surface area (Å²) in [6.07, 6.45) is 0. The Bertz CT molecular complexity index is 1270. The SMILES string of the molecule is C/C(=N\Nc1ccc(S(=O)(=O)Nc2ccccc2)cc1[N+](=O)[O-])c1ccc(OC(F)F)cc1. The molecule has 0 aliphatic rings. The van der Waals surface area contributed by atoms with E-state index in [4.69, 9.17) is 0 Å². The normalized spacial score (nSPS) is 11.8. The van der Waals surface area contributed by atoms with Crippen LogP contribution in [-0.4, -0.2) is 25.7 Å². The number of alkyl halides is 2. The minimum absolute atomic E-state index is 0.0222. The summed E-state index contributed by atoms with van der Waals surface area (Å²) in [5.74, 6) is -0.0222. The van der Waals surface area contributed by atoms with Crippen LogP contribution in [0.15, 0.2) is 82.8 Å². The number of benzene rings is 3. The monoisotopic (exact) mass is 476 g/mol. The number of para-hydroxylation sites is 1. The Kier molecular flexibility index (Phi) is 7.18. The number of hydrazone groups is 1. The predicted octanol–water partition coefficient (Wildman–Crippen LogP) is 4.83. The van der Waals surface area contributed by atoms with Crippen molar-refractivity contribution in [3.63, 3.8) is 0 Å². The lowest BCUT2D eigenvalue weighted by molar-refractivity contribution is -0.384. The average Bonchev–Trinajstić information content (AvgIpc) is 2.77. The molecule has 3 aromatic rings. The molecule has 0 aliphatic carbocycles. The van der Waals surface area contributed by atoms with Crippen LogP contribution < -0.4 is 14.9 Å². The molecule has 0 spiro atoms. The lowest BCUT2D eigenvalue weighted by atomic mass is 10.1. The van der Waals surface area contributed by atoms with E-state index in [1.165, 1.54) is 36.4 Å². The number of nitro groups is 1. The third-order valence-electron chi connectivity index (χ3n) is 4.34. The van der Waals surface area contributed by atoms with Gasteiger partial charge >= 0.3 is 6.61 Å². The molecule has 0 saturated heterocycles. The number of hydrogen-bond acceptors (Lipinski definition) is 7. The average molecular weight is 476 g/mol. The molecule has 172 valence electrons. The highest BCUT2D eigenvalue weighted by Gasteiger charge is 2.21. The number of anilines is 2. The van der Waals surface area contributed by atoms with E-state index in [9.17, 15) is 27.3 Å². The van der Waals surface area contributed by atoms with Crippen molar-refractivity contribution in [2.45, 2.75) is 18.4 Å². The van der Waals surface area contributed by atoms with Gasteiger partial charge in [-0.1, -0.05) is 18.2 Å². The highest BCUT2D eigenvalue weighted by molar-refractivity contribution is 7.92. The standard InChI is InChI=1S/C21H18F2N4O5S/c1-14(15-7-9-17(10-8-15)32-21(22)23)24-25-19-12-11-18(13-20(19)27(28)29)33(30,31)26-16-5-3-2-4-6-16/h2-13,21,25-26H,1H3/b24-14+. The second kappa shape index (κ2) is 10.0. The Morgan fingerprint density at radius 2 is 1.73 bits per heavy atom. The zero-order valence-electron chi connectivity index (χ0n) is 17.1. The third-order valence-corrected chi connectivity index (χ3v) is 5.72. The Labute approximate surface area is 187 Å². The first kappa shape index (κ1) is 23.6. The van der Waals surface area contributed by atoms with Gasteiger partial charge in [-0.05, 0) is 61.0 Å². The van der Waals surface area contributed by atoms with Crippen LogP contribution in [0.4, 0.5) is 25.8 Å². The molecule has 0 bridgehead atoms. The molecule has 0 saturated carbocycles. The Balaban J connectivity index is 1.81. The number of nitrogens with one attached hydrogen (secondary N) is 2. The van der Waals surface area contributed by atoms with E-state index >= 15 is 0 Å². The van der Waals surface area contributed by atoms with Crippen molar-refractivity contribution in [2.24, 2.45) is 5.10 Å². The second-order valence-electron chi connectivity index (χ2n) is 6.62. The van der Waals surface area contributed by atoms with Gasteiger partial charge in [-0.3, -0.25) is 20.3 Å². The maximum atomic E-state index is 12.6. The molecule has 0 heterocycles. The van der Waals surface area contributed by atoms with Crippen molar-refractivity contribution >= 4 is 32.8 Å². The van der Waals surface area contributed by atoms with Gasteiger partial charge in [-0.2, -0.15) is 13.9 Å². The summed E-state index contributed by atoms with van der Waals surface area (Å²) < 4.78 is 56.3. The topological polar surface area (TPSA) is 123 Å². The van der Waals surface area contributed by atoms with Gasteiger partial charge < -0.3 is 4.74 Å². The molecule has 0 unspecified atom stereocenters. The zero-order chi connectivity index (χ0) is 24.0. The molecule has 3 aromatic carbocycles. The van der Waals surface area contributed by atoms with Crippen LogP contribution in [0.5, 0.6) is 5.75 Å². The van der Waals surface area contributed by atoms with Crippen molar-refractivity contribution in [3.8, 4) is 5.75 Å². The van der Waals surface area contributed by atoms with Gasteiger partial charge in [0.1, 0.15) is 11.4 Å². The Morgan fingerprint density at radius 1 is 1.06 bits per heavy atom. The summed E-state index contributed by atoms with van der Waals surface area (Å²) in [6, 6.07) is 17.1. The minimum Gasteiger partial charge on any atom is -0.435 e. The van der Waals surface area contributed by atoms with Crippen molar-refractivity contribution < 1.29 is 26.9 Å². The minimum atomic E-state index is -4.06. The Hall–Kier alpha value is -4.06. The third kappa shape index (κ3) is 6.23. The van der Waals surface area contributed by atoms with Crippen LogP contribution in [0, 0.1) is 10.1 Å². The van der Waals surface area contributed by atoms with E-state index in [0.29, 0.717) is 17.0 Å². The first-order valence-electron chi connectivity index (χ1n) is 9.37. The van der Waals surface area contributed by atoms with Gasteiger partial charge in [-0.25, -0.2) is 8.42 Å². The van der Waals surface area contributed by atoms with E-state index in [1.54, 1.807) is 37.3 Å². The molecule has 9 nitrogen and oxygen atoms in total. The summed E-state index contributed by atoms with van der Waals surface area (Å²) in [6.45, 7) is -1.34. The lowest BCUT2D eigenvalue weighted by Crippen LogP contribution is -2.13. The van der Waals surface area contributed by atoms with Crippen molar-refractivity contribution in [3.05, 3.63) is 88.5 Å². The summed E-state index contributed by atoms with van der Waals surface area (Å²) in [5, 5.41) is 15.6. The molecule has 2 N–H and O–H groups in total. The molecule has 33 heavy (non-hydrogen) atoms. The van der Waals surface area contributed by atoms with Crippen molar-refractivity contribution in [1.82, 2.24) is 0 Å². The van der Waals surface area contributed by atoms with Crippen molar-refractivity contribution in [1.29, 1.82) is 0 Å². The lowest BCUT2D eigenvalue weighted by Gasteiger charge is -2.10. The molecule has 0 aliphatic heterocycles. The highest BCUT2D eigenvalue weighted by Crippen LogP contribution is 2.29. The van der Waals surface area contributed by atoms with Gasteiger partial charge in [0.2, 0.25) is 0 Å². The molecular formula is C21H18F2N4O5S. The van der Waals surface area contributed by atoms with Crippen LogP contribution in [0.1, 0.15) is 12.5 Å². The van der Waals surface area contributed by atoms with E-state index in [-0.39, 0.29) is 16.3 Å². The smallest absolute Gasteiger partial charge is 0.387 e. The van der Waals surface area contributed by atoms with E-state index < -0.39 is 27.2 Å². The highest BCUT2D eigenvalue weighted by atomic mass is 32.2.